The SMILES string of the molecule is N#Cc1ccc(COC(=O)c2csc(NCc3ccccc3)n2)cc1. The maximum absolute atomic E-state index is 12.1. The van der Waals surface area contributed by atoms with E-state index in [2.05, 4.69) is 10.3 Å². The fourth-order valence-electron chi connectivity index (χ4n) is 2.12. The molecule has 1 heterocycles. The van der Waals surface area contributed by atoms with Gasteiger partial charge in [-0.05, 0) is 23.3 Å². The van der Waals surface area contributed by atoms with Crippen molar-refractivity contribution in [3.8, 4) is 6.07 Å². The number of hydrogen-bond donors (Lipinski definition) is 1. The van der Waals surface area contributed by atoms with Gasteiger partial charge >= 0.3 is 5.97 Å². The molecular weight excluding hydrogens is 334 g/mol. The van der Waals surface area contributed by atoms with Crippen LogP contribution in [0.5, 0.6) is 0 Å². The summed E-state index contributed by atoms with van der Waals surface area (Å²) in [5.74, 6) is -0.464. The van der Waals surface area contributed by atoms with Crippen LogP contribution in [0.25, 0.3) is 0 Å². The van der Waals surface area contributed by atoms with E-state index >= 15 is 0 Å². The number of carbonyl (C=O) groups is 1. The molecular formula is C19H15N3O2S. The van der Waals surface area contributed by atoms with E-state index < -0.39 is 5.97 Å². The van der Waals surface area contributed by atoms with Crippen LogP contribution >= 0.6 is 11.3 Å². The summed E-state index contributed by atoms with van der Waals surface area (Å²) in [6.45, 7) is 0.795. The smallest absolute Gasteiger partial charge is 0.358 e. The third-order valence-electron chi connectivity index (χ3n) is 3.45. The number of anilines is 1. The average Bonchev–Trinajstić information content (AvgIpc) is 3.15. The van der Waals surface area contributed by atoms with Crippen LogP contribution in [0.2, 0.25) is 0 Å². The Balaban J connectivity index is 1.52. The lowest BCUT2D eigenvalue weighted by molar-refractivity contribution is 0.0467. The lowest BCUT2D eigenvalue weighted by Gasteiger charge is -2.03. The summed E-state index contributed by atoms with van der Waals surface area (Å²) in [6, 6.07) is 18.9. The third kappa shape index (κ3) is 4.66. The first-order chi connectivity index (χ1) is 12.2. The largest absolute Gasteiger partial charge is 0.456 e. The molecule has 1 N–H and O–H groups in total. The summed E-state index contributed by atoms with van der Waals surface area (Å²) in [4.78, 5) is 16.3. The first kappa shape index (κ1) is 16.7. The number of rotatable bonds is 6. The van der Waals surface area contributed by atoms with E-state index in [9.17, 15) is 4.79 Å². The van der Waals surface area contributed by atoms with Crippen molar-refractivity contribution >= 4 is 22.4 Å². The Morgan fingerprint density at radius 3 is 2.60 bits per heavy atom. The number of nitrogens with zero attached hydrogens (tertiary/aromatic N) is 2. The van der Waals surface area contributed by atoms with E-state index in [4.69, 9.17) is 10.00 Å². The standard InChI is InChI=1S/C19H15N3O2S/c20-10-14-6-8-16(9-7-14)12-24-18(23)17-13-25-19(22-17)21-11-15-4-2-1-3-5-15/h1-9,13H,11-12H2,(H,21,22). The molecule has 3 rings (SSSR count). The summed E-state index contributed by atoms with van der Waals surface area (Å²) in [7, 11) is 0. The molecule has 5 nitrogen and oxygen atoms in total. The summed E-state index contributed by atoms with van der Waals surface area (Å²) >= 11 is 1.36. The molecule has 0 bridgehead atoms. The highest BCUT2D eigenvalue weighted by molar-refractivity contribution is 7.13. The summed E-state index contributed by atoms with van der Waals surface area (Å²) in [5, 5.41) is 14.3. The number of carbonyl (C=O) groups excluding carboxylic acids is 1. The number of nitriles is 1. The Kier molecular flexibility index (Phi) is 5.39. The van der Waals surface area contributed by atoms with Crippen LogP contribution in [0.4, 0.5) is 5.13 Å². The van der Waals surface area contributed by atoms with Gasteiger partial charge in [-0.3, -0.25) is 0 Å². The van der Waals surface area contributed by atoms with Gasteiger partial charge in [-0.15, -0.1) is 11.3 Å². The minimum absolute atomic E-state index is 0.148. The van der Waals surface area contributed by atoms with Gasteiger partial charge in [-0.25, -0.2) is 9.78 Å². The number of benzene rings is 2. The number of thiazole rings is 1. The van der Waals surface area contributed by atoms with Crippen LogP contribution < -0.4 is 5.32 Å². The number of esters is 1. The summed E-state index contributed by atoms with van der Waals surface area (Å²) in [5.41, 5.74) is 2.82. The van der Waals surface area contributed by atoms with E-state index in [1.807, 2.05) is 36.4 Å². The van der Waals surface area contributed by atoms with Gasteiger partial charge in [0.2, 0.25) is 0 Å². The van der Waals surface area contributed by atoms with Crippen LogP contribution in [0.3, 0.4) is 0 Å². The van der Waals surface area contributed by atoms with Crippen molar-refractivity contribution < 1.29 is 9.53 Å². The zero-order chi connectivity index (χ0) is 17.5. The predicted molar refractivity (Wildman–Crippen MR) is 96.2 cm³/mol. The monoisotopic (exact) mass is 349 g/mol. The number of nitrogens with one attached hydrogen (secondary N) is 1. The van der Waals surface area contributed by atoms with Crippen LogP contribution in [0, 0.1) is 11.3 Å². The Bertz CT molecular complexity index is 883. The van der Waals surface area contributed by atoms with Crippen LogP contribution in [0.15, 0.2) is 60.0 Å². The molecule has 0 radical (unpaired) electrons. The van der Waals surface area contributed by atoms with Gasteiger partial charge < -0.3 is 10.1 Å². The molecule has 0 saturated carbocycles. The van der Waals surface area contributed by atoms with Gasteiger partial charge in [-0.1, -0.05) is 42.5 Å². The molecule has 25 heavy (non-hydrogen) atoms. The zero-order valence-electron chi connectivity index (χ0n) is 13.3. The van der Waals surface area contributed by atoms with E-state index in [1.54, 1.807) is 29.6 Å². The number of hydrogen-bond acceptors (Lipinski definition) is 6. The van der Waals surface area contributed by atoms with Crippen LogP contribution in [-0.2, 0) is 17.9 Å². The van der Waals surface area contributed by atoms with Gasteiger partial charge in [0.25, 0.3) is 0 Å². The normalized spacial score (nSPS) is 10.0. The molecule has 3 aromatic rings. The molecule has 0 aliphatic rings. The Labute approximate surface area is 149 Å². The van der Waals surface area contributed by atoms with Gasteiger partial charge in [0.05, 0.1) is 11.6 Å². The van der Waals surface area contributed by atoms with Crippen LogP contribution in [0.1, 0.15) is 27.2 Å². The van der Waals surface area contributed by atoms with Gasteiger partial charge in [0.1, 0.15) is 6.61 Å². The van der Waals surface area contributed by atoms with Gasteiger partial charge in [-0.2, -0.15) is 5.26 Å². The van der Waals surface area contributed by atoms with Crippen molar-refractivity contribution in [3.63, 3.8) is 0 Å². The summed E-state index contributed by atoms with van der Waals surface area (Å²) < 4.78 is 5.26. The second kappa shape index (κ2) is 8.08. The third-order valence-corrected chi connectivity index (χ3v) is 4.25. The van der Waals surface area contributed by atoms with Gasteiger partial charge in [0, 0.05) is 11.9 Å². The molecule has 1 aromatic heterocycles. The molecule has 0 spiro atoms. The van der Waals surface area contributed by atoms with E-state index in [0.29, 0.717) is 17.2 Å². The molecule has 6 heteroatoms. The second-order valence-corrected chi connectivity index (χ2v) is 6.12. The zero-order valence-corrected chi connectivity index (χ0v) is 14.1. The predicted octanol–water partition coefficient (Wildman–Crippen LogP) is 3.98. The minimum atomic E-state index is -0.464. The fraction of sp³-hybridized carbons (Fsp3) is 0.105. The minimum Gasteiger partial charge on any atom is -0.456 e. The van der Waals surface area contributed by atoms with Gasteiger partial charge in [0.15, 0.2) is 10.8 Å². The van der Waals surface area contributed by atoms with E-state index in [-0.39, 0.29) is 12.3 Å². The molecule has 2 aromatic carbocycles. The second-order valence-electron chi connectivity index (χ2n) is 5.26. The molecule has 0 unspecified atom stereocenters. The Morgan fingerprint density at radius 2 is 1.88 bits per heavy atom. The highest BCUT2D eigenvalue weighted by Crippen LogP contribution is 2.17. The molecule has 124 valence electrons. The lowest BCUT2D eigenvalue weighted by atomic mass is 10.2. The number of ether oxygens (including phenoxy) is 1. The number of aromatic nitrogens is 1. The quantitative estimate of drug-likeness (QED) is 0.681. The van der Waals surface area contributed by atoms with E-state index in [0.717, 1.165) is 11.1 Å². The first-order valence-corrected chi connectivity index (χ1v) is 8.52. The van der Waals surface area contributed by atoms with Crippen molar-refractivity contribution in [2.45, 2.75) is 13.2 Å². The Morgan fingerprint density at radius 1 is 1.12 bits per heavy atom. The van der Waals surface area contributed by atoms with Crippen molar-refractivity contribution in [2.75, 3.05) is 5.32 Å². The van der Waals surface area contributed by atoms with Crippen molar-refractivity contribution in [2.24, 2.45) is 0 Å². The molecule has 0 amide bonds. The molecule has 0 atom stereocenters. The van der Waals surface area contributed by atoms with Crippen molar-refractivity contribution in [3.05, 3.63) is 82.4 Å². The highest BCUT2D eigenvalue weighted by atomic mass is 32.1. The first-order valence-electron chi connectivity index (χ1n) is 7.64. The topological polar surface area (TPSA) is 75.0 Å². The maximum Gasteiger partial charge on any atom is 0.358 e. The maximum atomic E-state index is 12.1. The fourth-order valence-corrected chi connectivity index (χ4v) is 2.80. The average molecular weight is 349 g/mol. The lowest BCUT2D eigenvalue weighted by Crippen LogP contribution is -2.06. The molecule has 0 fully saturated rings. The van der Waals surface area contributed by atoms with Crippen molar-refractivity contribution in [1.82, 2.24) is 4.98 Å². The molecule has 0 aliphatic carbocycles. The molecule has 0 aliphatic heterocycles. The summed E-state index contributed by atoms with van der Waals surface area (Å²) in [6.07, 6.45) is 0. The van der Waals surface area contributed by atoms with E-state index in [1.165, 1.54) is 11.3 Å². The Hall–Kier alpha value is -3.17. The van der Waals surface area contributed by atoms with Crippen molar-refractivity contribution in [1.29, 1.82) is 5.26 Å². The van der Waals surface area contributed by atoms with Crippen LogP contribution in [-0.4, -0.2) is 11.0 Å². The highest BCUT2D eigenvalue weighted by Gasteiger charge is 2.12. The molecule has 0 saturated heterocycles.